The molecule has 0 aromatic heterocycles. The molecule has 21 heteroatoms. The van der Waals surface area contributed by atoms with Crippen molar-refractivity contribution in [2.45, 2.75) is 255 Å². The van der Waals surface area contributed by atoms with Crippen molar-refractivity contribution in [2.75, 3.05) is 39.6 Å². The molecule has 0 aliphatic carbocycles. The second kappa shape index (κ2) is 62.3. The summed E-state index contributed by atoms with van der Waals surface area (Å²) in [6.45, 7) is 30.0. The van der Waals surface area contributed by atoms with Crippen LogP contribution in [0, 0.1) is 20.8 Å². The highest BCUT2D eigenvalue weighted by atomic mass is 16.6. The van der Waals surface area contributed by atoms with Crippen LogP contribution >= 0.6 is 0 Å². The van der Waals surface area contributed by atoms with Crippen molar-refractivity contribution in [3.63, 3.8) is 0 Å². The highest BCUT2D eigenvalue weighted by molar-refractivity contribution is 5.96. The van der Waals surface area contributed by atoms with Gasteiger partial charge in [-0.3, -0.25) is 0 Å². The van der Waals surface area contributed by atoms with Gasteiger partial charge in [-0.15, -0.1) is 0 Å². The SMILES string of the molecule is C=C(C)C(=O)OCCCCOc1ccc(C(=O)Oc2ccc(C(=O)Oc3ccc(CCCCCCCC)cc3)cc2)cc1C.C=C(C)C(=O)OCCCCOc1ccc(C(=O)Oc2ccc(C(=O)Oc3ccc(CCCCCCCCC)cc3)cc2)cc1C.C=C(C)C(=O)OCCCCOc1ccc(C(=O)Oc2ccc(C(=O)Oc3ccc(CCCCCCCCCC)cc3)cc2)cc1C. The first-order valence-corrected chi connectivity index (χ1v) is 47.9. The Kier molecular flexibility index (Phi) is 50.3. The predicted octanol–water partition coefficient (Wildman–Crippen LogP) is 27.0. The van der Waals surface area contributed by atoms with E-state index in [1.54, 1.807) is 148 Å². The molecule has 0 saturated carbocycles. The van der Waals surface area contributed by atoms with Gasteiger partial charge < -0.3 is 56.8 Å². The minimum Gasteiger partial charge on any atom is -0.493 e. The minimum atomic E-state index is -0.518. The topological polar surface area (TPSA) is 264 Å². The van der Waals surface area contributed by atoms with Crippen LogP contribution in [0.25, 0.3) is 0 Å². The third kappa shape index (κ3) is 42.7. The third-order valence-electron chi connectivity index (χ3n) is 21.9. The molecule has 0 heterocycles. The number of aryl methyl sites for hydroxylation is 6. The molecular formula is C114H138O21. The molecule has 0 bridgehead atoms. The van der Waals surface area contributed by atoms with Gasteiger partial charge in [0.05, 0.1) is 73.0 Å². The number of carbonyl (C=O) groups is 9. The molecule has 0 atom stereocenters. The summed E-state index contributed by atoms with van der Waals surface area (Å²) in [6, 6.07) is 57.1. The molecule has 135 heavy (non-hydrogen) atoms. The smallest absolute Gasteiger partial charge is 0.343 e. The Morgan fingerprint density at radius 2 is 0.407 bits per heavy atom. The fourth-order valence-electron chi connectivity index (χ4n) is 13.8. The van der Waals surface area contributed by atoms with Gasteiger partial charge in [-0.2, -0.15) is 0 Å². The molecule has 0 saturated heterocycles. The number of esters is 9. The van der Waals surface area contributed by atoms with Crippen molar-refractivity contribution in [3.8, 4) is 51.7 Å². The van der Waals surface area contributed by atoms with Gasteiger partial charge in [0.15, 0.2) is 0 Å². The lowest BCUT2D eigenvalue weighted by atomic mass is 10.0. The number of ether oxygens (including phenoxy) is 12. The van der Waals surface area contributed by atoms with Gasteiger partial charge >= 0.3 is 53.7 Å². The minimum absolute atomic E-state index is 0.314. The van der Waals surface area contributed by atoms with Gasteiger partial charge in [0, 0.05) is 16.7 Å². The van der Waals surface area contributed by atoms with Crippen molar-refractivity contribution >= 4 is 53.7 Å². The number of benzene rings is 9. The predicted molar refractivity (Wildman–Crippen MR) is 529 cm³/mol. The van der Waals surface area contributed by atoms with Crippen LogP contribution in [0.15, 0.2) is 237 Å². The fourth-order valence-corrected chi connectivity index (χ4v) is 13.8. The molecule has 0 fully saturated rings. The highest BCUT2D eigenvalue weighted by Gasteiger charge is 2.20. The van der Waals surface area contributed by atoms with Crippen LogP contribution in [-0.4, -0.2) is 93.4 Å². The Hall–Kier alpha value is -13.2. The average molecular weight is 1840 g/mol. The molecule has 0 unspecified atom stereocenters. The summed E-state index contributed by atoms with van der Waals surface area (Å²) in [5.41, 5.74) is 9.43. The molecule has 9 rings (SSSR count). The van der Waals surface area contributed by atoms with E-state index in [9.17, 15) is 43.2 Å². The number of hydrogen-bond acceptors (Lipinski definition) is 21. The first-order chi connectivity index (χ1) is 65.3. The Morgan fingerprint density at radius 3 is 0.615 bits per heavy atom. The Balaban J connectivity index is 0.000000276. The standard InChI is InChI=1S/C39H48O7.C38H46O7.C37H44O7/c1-5-6-7-8-9-10-11-12-15-31-16-21-34(22-17-31)45-38(41)32-18-23-35(24-19-32)46-39(42)33-20-25-36(30(4)28-33)43-26-13-14-27-44-37(40)29(2)3;1-5-6-7-8-9-10-11-14-30-15-20-33(21-16-30)44-37(40)31-17-22-34(23-18-31)45-38(41)32-19-24-35(29(4)27-32)42-25-12-13-26-43-36(39)28(2)3;1-5-6-7-8-9-10-13-29-14-19-32(20-15-29)43-36(39)30-16-21-33(22-17-30)44-37(40)31-18-23-34(28(4)26-31)41-24-11-12-25-42-35(38)27(2)3/h16-25,28H,2,5-15,26-27H2,1,3-4H3;15-24,27H,2,5-14,25-26H2,1,3-4H3;14-23,26H,2,5-13,24-25H2,1,3-4H3. The van der Waals surface area contributed by atoms with Gasteiger partial charge in [-0.05, 0) is 316 Å². The van der Waals surface area contributed by atoms with Crippen molar-refractivity contribution < 1.29 is 100.0 Å². The third-order valence-corrected chi connectivity index (χ3v) is 21.9. The molecule has 0 aliphatic heterocycles. The second-order valence-electron chi connectivity index (χ2n) is 33.8. The summed E-state index contributed by atoms with van der Waals surface area (Å²) in [4.78, 5) is 110. The summed E-state index contributed by atoms with van der Waals surface area (Å²) in [5, 5.41) is 0. The van der Waals surface area contributed by atoms with Crippen LogP contribution in [0.5, 0.6) is 51.7 Å². The van der Waals surface area contributed by atoms with E-state index in [4.69, 9.17) is 56.8 Å². The number of hydrogen-bond donors (Lipinski definition) is 0. The normalized spacial score (nSPS) is 10.6. The van der Waals surface area contributed by atoms with Gasteiger partial charge in [0.25, 0.3) is 0 Å². The van der Waals surface area contributed by atoms with E-state index in [2.05, 4.69) is 40.5 Å². The zero-order chi connectivity index (χ0) is 97.3. The van der Waals surface area contributed by atoms with E-state index in [0.717, 1.165) is 42.4 Å². The summed E-state index contributed by atoms with van der Waals surface area (Å²) in [5.74, 6) is 0.247. The van der Waals surface area contributed by atoms with Crippen LogP contribution in [0.2, 0.25) is 0 Å². The van der Waals surface area contributed by atoms with Crippen LogP contribution in [0.1, 0.15) is 310 Å². The first kappa shape index (κ1) is 109. The Morgan fingerprint density at radius 1 is 0.222 bits per heavy atom. The van der Waals surface area contributed by atoms with Crippen molar-refractivity contribution in [1.29, 1.82) is 0 Å². The molecule has 0 radical (unpaired) electrons. The quantitative estimate of drug-likeness (QED) is 0.0113. The van der Waals surface area contributed by atoms with E-state index in [1.807, 2.05) is 93.6 Å². The molecular weight excluding hydrogens is 1710 g/mol. The lowest BCUT2D eigenvalue weighted by molar-refractivity contribution is -0.139. The molecule has 9 aromatic carbocycles. The maximum Gasteiger partial charge on any atom is 0.343 e. The fraction of sp³-hybridized carbons (Fsp3) is 0.395. The maximum absolute atomic E-state index is 12.7. The van der Waals surface area contributed by atoms with Gasteiger partial charge in [0.1, 0.15) is 51.7 Å². The van der Waals surface area contributed by atoms with Gasteiger partial charge in [-0.25, -0.2) is 43.2 Å². The van der Waals surface area contributed by atoms with Crippen LogP contribution in [-0.2, 0) is 47.9 Å². The zero-order valence-electron chi connectivity index (χ0n) is 80.7. The number of carbonyl (C=O) groups excluding carboxylic acids is 9. The van der Waals surface area contributed by atoms with E-state index in [-0.39, 0.29) is 0 Å². The molecule has 0 spiro atoms. The van der Waals surface area contributed by atoms with Crippen molar-refractivity contribution in [2.24, 2.45) is 0 Å². The molecule has 0 amide bonds. The maximum atomic E-state index is 12.7. The van der Waals surface area contributed by atoms with E-state index in [1.165, 1.54) is 145 Å². The largest absolute Gasteiger partial charge is 0.493 e. The summed E-state index contributed by atoms with van der Waals surface area (Å²) in [7, 11) is 0. The zero-order valence-corrected chi connectivity index (χ0v) is 80.7. The number of rotatable bonds is 57. The summed E-state index contributed by atoms with van der Waals surface area (Å²) >= 11 is 0. The van der Waals surface area contributed by atoms with Crippen molar-refractivity contribution in [3.05, 3.63) is 303 Å². The van der Waals surface area contributed by atoms with E-state index in [0.29, 0.717) is 180 Å². The van der Waals surface area contributed by atoms with Crippen LogP contribution < -0.4 is 42.6 Å². The van der Waals surface area contributed by atoms with Crippen LogP contribution in [0.3, 0.4) is 0 Å². The molecule has 9 aromatic rings. The lowest BCUT2D eigenvalue weighted by Gasteiger charge is -2.11. The van der Waals surface area contributed by atoms with Gasteiger partial charge in [0.2, 0.25) is 0 Å². The molecule has 0 aliphatic rings. The molecule has 21 nitrogen and oxygen atoms in total. The lowest BCUT2D eigenvalue weighted by Crippen LogP contribution is -2.11. The second-order valence-corrected chi connectivity index (χ2v) is 33.8. The van der Waals surface area contributed by atoms with Crippen molar-refractivity contribution in [1.82, 2.24) is 0 Å². The van der Waals surface area contributed by atoms with E-state index >= 15 is 0 Å². The molecule has 720 valence electrons. The summed E-state index contributed by atoms with van der Waals surface area (Å²) < 4.78 is 65.8. The number of unbranched alkanes of at least 4 members (excludes halogenated alkanes) is 21. The average Bonchev–Trinajstić information content (AvgIpc) is 0.843. The molecule has 0 N–H and O–H groups in total. The van der Waals surface area contributed by atoms with E-state index < -0.39 is 53.7 Å². The Bertz CT molecular complexity index is 5200. The highest BCUT2D eigenvalue weighted by Crippen LogP contribution is 2.29. The monoisotopic (exact) mass is 1840 g/mol. The summed E-state index contributed by atoms with van der Waals surface area (Å²) in [6.07, 6.45) is 34.1. The van der Waals surface area contributed by atoms with Gasteiger partial charge in [-0.1, -0.05) is 192 Å². The Labute approximate surface area is 799 Å². The van der Waals surface area contributed by atoms with Crippen LogP contribution in [0.4, 0.5) is 0 Å². The first-order valence-electron chi connectivity index (χ1n) is 47.9.